The maximum absolute atomic E-state index is 12.9. The monoisotopic (exact) mass is 582 g/mol. The number of hydrogen-bond donors (Lipinski definition) is 2. The number of hydrogen-bond acceptors (Lipinski definition) is 6. The highest BCUT2D eigenvalue weighted by Gasteiger charge is 2.32. The summed E-state index contributed by atoms with van der Waals surface area (Å²) in [6.45, 7) is 0.388. The van der Waals surface area contributed by atoms with E-state index in [2.05, 4.69) is 15.0 Å². The Morgan fingerprint density at radius 1 is 0.919 bits per heavy atom. The molecule has 1 aromatic heterocycles. The fourth-order valence-corrected chi connectivity index (χ4v) is 7.30. The Morgan fingerprint density at radius 3 is 2.16 bits per heavy atom. The normalized spacial score (nSPS) is 15.3. The summed E-state index contributed by atoms with van der Waals surface area (Å²) < 4.78 is 54.7. The summed E-state index contributed by atoms with van der Waals surface area (Å²) in [5, 5.41) is 3.36. The van der Waals surface area contributed by atoms with E-state index in [1.165, 1.54) is 41.0 Å². The Labute approximate surface area is 225 Å². The highest BCUT2D eigenvalue weighted by molar-refractivity contribution is 7.92. The molecule has 2 N–H and O–H groups in total. The third kappa shape index (κ3) is 6.79. The molecule has 9 nitrogen and oxygen atoms in total. The molecule has 1 aliphatic rings. The smallest absolute Gasteiger partial charge is 0.261 e. The molecule has 196 valence electrons. The molecule has 0 bridgehead atoms. The number of rotatable bonds is 8. The number of nitrogens with one attached hydrogen (secondary N) is 2. The Hall–Kier alpha value is -2.70. The molecule has 1 amide bonds. The molecule has 0 atom stereocenters. The number of carbonyl (C=O) groups is 1. The minimum Gasteiger partial charge on any atom is -0.326 e. The average Bonchev–Trinajstić information content (AvgIpc) is 2.87. The van der Waals surface area contributed by atoms with Crippen molar-refractivity contribution in [1.82, 2.24) is 9.29 Å². The van der Waals surface area contributed by atoms with E-state index in [1.807, 2.05) is 0 Å². The quantitative estimate of drug-likeness (QED) is 0.406. The second-order valence-electron chi connectivity index (χ2n) is 8.49. The zero-order valence-electron chi connectivity index (χ0n) is 19.5. The van der Waals surface area contributed by atoms with Crippen molar-refractivity contribution in [2.75, 3.05) is 23.1 Å². The van der Waals surface area contributed by atoms with Gasteiger partial charge in [0.25, 0.3) is 10.0 Å². The molecular weight excluding hydrogens is 559 g/mol. The molecule has 0 radical (unpaired) electrons. The molecule has 0 unspecified atom stereocenters. The molecule has 2 aromatic carbocycles. The summed E-state index contributed by atoms with van der Waals surface area (Å²) in [5.74, 6) is -0.950. The molecule has 2 heterocycles. The van der Waals surface area contributed by atoms with E-state index in [9.17, 15) is 21.6 Å². The van der Waals surface area contributed by atoms with Crippen LogP contribution in [0, 0.1) is 5.92 Å². The van der Waals surface area contributed by atoms with Crippen molar-refractivity contribution in [2.24, 2.45) is 5.92 Å². The van der Waals surface area contributed by atoms with Gasteiger partial charge in [0.2, 0.25) is 15.9 Å². The van der Waals surface area contributed by atoms with Crippen LogP contribution in [0.2, 0.25) is 10.0 Å². The summed E-state index contributed by atoms with van der Waals surface area (Å²) in [5.41, 5.74) is 1.13. The van der Waals surface area contributed by atoms with Crippen molar-refractivity contribution in [3.05, 3.63) is 82.6 Å². The maximum Gasteiger partial charge on any atom is 0.261 e. The molecule has 13 heteroatoms. The van der Waals surface area contributed by atoms with Crippen LogP contribution in [0.4, 0.5) is 11.4 Å². The highest BCUT2D eigenvalue weighted by atomic mass is 35.5. The van der Waals surface area contributed by atoms with Gasteiger partial charge in [-0.15, -0.1) is 0 Å². The van der Waals surface area contributed by atoms with Crippen molar-refractivity contribution in [3.8, 4) is 0 Å². The van der Waals surface area contributed by atoms with E-state index in [1.54, 1.807) is 30.3 Å². The summed E-state index contributed by atoms with van der Waals surface area (Å²) in [7, 11) is -7.47. The van der Waals surface area contributed by atoms with Gasteiger partial charge in [0.05, 0.1) is 22.5 Å². The minimum atomic E-state index is -3.81. The first-order chi connectivity index (χ1) is 17.5. The van der Waals surface area contributed by atoms with Crippen LogP contribution in [-0.4, -0.2) is 45.1 Å². The molecule has 3 aromatic rings. The van der Waals surface area contributed by atoms with Gasteiger partial charge in [0, 0.05) is 46.5 Å². The fourth-order valence-electron chi connectivity index (χ4n) is 3.94. The lowest BCUT2D eigenvalue weighted by atomic mass is 9.97. The number of anilines is 2. The van der Waals surface area contributed by atoms with Gasteiger partial charge >= 0.3 is 0 Å². The predicted octanol–water partition coefficient (Wildman–Crippen LogP) is 4.37. The van der Waals surface area contributed by atoms with E-state index >= 15 is 0 Å². The number of nitrogens with zero attached hydrogens (tertiary/aromatic N) is 2. The number of carbonyl (C=O) groups excluding carboxylic acids is 1. The number of pyridine rings is 1. The second-order valence-corrected chi connectivity index (χ2v) is 13.0. The lowest BCUT2D eigenvalue weighted by Crippen LogP contribution is -2.42. The van der Waals surface area contributed by atoms with Gasteiger partial charge in [0.1, 0.15) is 0 Å². The van der Waals surface area contributed by atoms with Crippen molar-refractivity contribution in [3.63, 3.8) is 0 Å². The molecule has 1 fully saturated rings. The Bertz CT molecular complexity index is 1460. The SMILES string of the molecule is O=C(Nc1ccc(S(=O)(=O)Nc2cccnc2)cc1)C1CCN(S(=O)(=O)Cc2c(Cl)cccc2Cl)CC1. The first-order valence-electron chi connectivity index (χ1n) is 11.3. The molecule has 0 saturated carbocycles. The average molecular weight is 584 g/mol. The molecule has 0 spiro atoms. The first-order valence-corrected chi connectivity index (χ1v) is 15.1. The van der Waals surface area contributed by atoms with Crippen molar-refractivity contribution in [2.45, 2.75) is 23.5 Å². The van der Waals surface area contributed by atoms with Crippen LogP contribution in [0.25, 0.3) is 0 Å². The predicted molar refractivity (Wildman–Crippen MR) is 143 cm³/mol. The van der Waals surface area contributed by atoms with Crippen molar-refractivity contribution < 1.29 is 21.6 Å². The van der Waals surface area contributed by atoms with Crippen molar-refractivity contribution >= 4 is 60.5 Å². The summed E-state index contributed by atoms with van der Waals surface area (Å²) in [4.78, 5) is 16.7. The molecule has 0 aliphatic carbocycles. The summed E-state index contributed by atoms with van der Waals surface area (Å²) >= 11 is 12.3. The van der Waals surface area contributed by atoms with E-state index in [4.69, 9.17) is 23.2 Å². The van der Waals surface area contributed by atoms with Crippen LogP contribution in [0.5, 0.6) is 0 Å². The van der Waals surface area contributed by atoms with Gasteiger partial charge in [-0.2, -0.15) is 0 Å². The summed E-state index contributed by atoms with van der Waals surface area (Å²) in [6, 6.07) is 13.8. The maximum atomic E-state index is 12.9. The van der Waals surface area contributed by atoms with Gasteiger partial charge in [-0.25, -0.2) is 21.1 Å². The van der Waals surface area contributed by atoms with Crippen LogP contribution in [0.3, 0.4) is 0 Å². The van der Waals surface area contributed by atoms with Crippen LogP contribution >= 0.6 is 23.2 Å². The van der Waals surface area contributed by atoms with Gasteiger partial charge in [-0.1, -0.05) is 29.3 Å². The lowest BCUT2D eigenvalue weighted by Gasteiger charge is -2.30. The number of sulfonamides is 2. The standard InChI is InChI=1S/C24H24Cl2N4O5S2/c25-22-4-1-5-23(26)21(22)16-36(32,33)30-13-10-17(11-14-30)24(31)28-18-6-8-20(9-7-18)37(34,35)29-19-3-2-12-27-15-19/h1-9,12,15,17,29H,10-11,13-14,16H2,(H,28,31). The van der Waals surface area contributed by atoms with Gasteiger partial charge in [-0.3, -0.25) is 14.5 Å². The van der Waals surface area contributed by atoms with Crippen LogP contribution in [0.15, 0.2) is 71.9 Å². The van der Waals surface area contributed by atoms with E-state index < -0.39 is 20.0 Å². The third-order valence-electron chi connectivity index (χ3n) is 5.95. The van der Waals surface area contributed by atoms with E-state index in [-0.39, 0.29) is 45.6 Å². The third-order valence-corrected chi connectivity index (χ3v) is 9.86. The molecule has 37 heavy (non-hydrogen) atoms. The first kappa shape index (κ1) is 27.3. The number of aromatic nitrogens is 1. The Morgan fingerprint density at radius 2 is 1.57 bits per heavy atom. The highest BCUT2D eigenvalue weighted by Crippen LogP contribution is 2.29. The van der Waals surface area contributed by atoms with Crippen molar-refractivity contribution in [1.29, 1.82) is 0 Å². The Balaban J connectivity index is 1.32. The number of piperidine rings is 1. The van der Waals surface area contributed by atoms with Crippen LogP contribution < -0.4 is 10.0 Å². The second kappa shape index (κ2) is 11.4. The largest absolute Gasteiger partial charge is 0.326 e. The van der Waals surface area contributed by atoms with Crippen LogP contribution in [0.1, 0.15) is 18.4 Å². The van der Waals surface area contributed by atoms with E-state index in [0.29, 0.717) is 29.8 Å². The zero-order chi connectivity index (χ0) is 26.6. The topological polar surface area (TPSA) is 126 Å². The minimum absolute atomic E-state index is 0.0338. The fraction of sp³-hybridized carbons (Fsp3) is 0.250. The zero-order valence-corrected chi connectivity index (χ0v) is 22.6. The van der Waals surface area contributed by atoms with Gasteiger partial charge in [0.15, 0.2) is 0 Å². The molecular formula is C24H24Cl2N4O5S2. The number of benzene rings is 2. The Kier molecular flexibility index (Phi) is 8.39. The lowest BCUT2D eigenvalue weighted by molar-refractivity contribution is -0.120. The van der Waals surface area contributed by atoms with Crippen LogP contribution in [-0.2, 0) is 30.6 Å². The summed E-state index contributed by atoms with van der Waals surface area (Å²) in [6.07, 6.45) is 3.63. The number of amides is 1. The molecule has 1 aliphatic heterocycles. The number of halogens is 2. The van der Waals surface area contributed by atoms with Gasteiger partial charge in [-0.05, 0) is 61.4 Å². The molecule has 4 rings (SSSR count). The van der Waals surface area contributed by atoms with Gasteiger partial charge < -0.3 is 5.32 Å². The molecule has 1 saturated heterocycles. The van der Waals surface area contributed by atoms with E-state index in [0.717, 1.165) is 0 Å².